The minimum absolute atomic E-state index is 0.985. The molecule has 12 heavy (non-hydrogen) atoms. The van der Waals surface area contributed by atoms with Gasteiger partial charge in [0.15, 0.2) is 0 Å². The molecule has 1 nitrogen and oxygen atoms in total. The van der Waals surface area contributed by atoms with Crippen molar-refractivity contribution in [1.82, 2.24) is 4.90 Å². The summed E-state index contributed by atoms with van der Waals surface area (Å²) in [6.45, 7) is 3.64. The zero-order chi connectivity index (χ0) is 8.97. The monoisotopic (exact) mass is 169 g/mol. The molecule has 0 heterocycles. The van der Waals surface area contributed by atoms with Gasteiger partial charge in [0, 0.05) is 6.54 Å². The van der Waals surface area contributed by atoms with E-state index in [1.807, 2.05) is 0 Å². The molecule has 0 bridgehead atoms. The van der Waals surface area contributed by atoms with Crippen LogP contribution in [0.2, 0.25) is 0 Å². The molecule has 0 spiro atoms. The van der Waals surface area contributed by atoms with Gasteiger partial charge in [-0.1, -0.05) is 26.2 Å². The highest BCUT2D eigenvalue weighted by molar-refractivity contribution is 4.73. The molecule has 0 aromatic carbocycles. The van der Waals surface area contributed by atoms with Gasteiger partial charge in [-0.2, -0.15) is 0 Å². The Kier molecular flexibility index (Phi) is 4.07. The second-order valence-electron chi connectivity index (χ2n) is 4.57. The maximum Gasteiger partial charge on any atom is 0.000366 e. The summed E-state index contributed by atoms with van der Waals surface area (Å²) in [5.74, 6) is 2.02. The van der Waals surface area contributed by atoms with Gasteiger partial charge in [-0.05, 0) is 38.8 Å². The molecule has 0 aliphatic heterocycles. The lowest BCUT2D eigenvalue weighted by Gasteiger charge is -2.30. The van der Waals surface area contributed by atoms with E-state index in [1.165, 1.54) is 38.6 Å². The van der Waals surface area contributed by atoms with Crippen LogP contribution in [-0.2, 0) is 0 Å². The van der Waals surface area contributed by atoms with Gasteiger partial charge >= 0.3 is 0 Å². The zero-order valence-electron chi connectivity index (χ0n) is 8.84. The van der Waals surface area contributed by atoms with Crippen LogP contribution in [0.5, 0.6) is 0 Å². The third kappa shape index (κ3) is 3.14. The van der Waals surface area contributed by atoms with Gasteiger partial charge < -0.3 is 4.90 Å². The molecule has 0 N–H and O–H groups in total. The Balaban J connectivity index is 2.25. The maximum atomic E-state index is 2.34. The molecule has 1 aliphatic carbocycles. The van der Waals surface area contributed by atoms with E-state index in [2.05, 4.69) is 25.9 Å². The lowest BCUT2D eigenvalue weighted by molar-refractivity contribution is 0.211. The van der Waals surface area contributed by atoms with E-state index in [-0.39, 0.29) is 0 Å². The molecule has 1 rings (SSSR count). The van der Waals surface area contributed by atoms with Gasteiger partial charge in [0.25, 0.3) is 0 Å². The van der Waals surface area contributed by atoms with Crippen molar-refractivity contribution in [2.75, 3.05) is 20.6 Å². The highest BCUT2D eigenvalue weighted by Gasteiger charge is 2.20. The Morgan fingerprint density at radius 2 is 1.83 bits per heavy atom. The molecule has 2 unspecified atom stereocenters. The third-order valence-corrected chi connectivity index (χ3v) is 3.09. The van der Waals surface area contributed by atoms with Crippen molar-refractivity contribution in [1.29, 1.82) is 0 Å². The molecule has 1 aliphatic rings. The van der Waals surface area contributed by atoms with Crippen molar-refractivity contribution < 1.29 is 0 Å². The molecule has 1 fully saturated rings. The van der Waals surface area contributed by atoms with Crippen LogP contribution >= 0.6 is 0 Å². The molecule has 1 heteroatoms. The van der Waals surface area contributed by atoms with Gasteiger partial charge in [-0.3, -0.25) is 0 Å². The largest absolute Gasteiger partial charge is 0.309 e. The Labute approximate surface area is 77.1 Å². The van der Waals surface area contributed by atoms with Crippen LogP contribution < -0.4 is 0 Å². The average Bonchev–Trinajstić information content (AvgIpc) is 2.03. The van der Waals surface area contributed by atoms with Gasteiger partial charge in [0.1, 0.15) is 0 Å². The van der Waals surface area contributed by atoms with Gasteiger partial charge in [-0.15, -0.1) is 0 Å². The molecule has 1 saturated carbocycles. The Hall–Kier alpha value is -0.0400. The fraction of sp³-hybridized carbons (Fsp3) is 1.00. The standard InChI is InChI=1S/C11H23N/c1-4-10-6-5-7-11(8-10)9-12(2)3/h10-11H,4-9H2,1-3H3. The molecule has 72 valence electrons. The van der Waals surface area contributed by atoms with E-state index in [1.54, 1.807) is 0 Å². The summed E-state index contributed by atoms with van der Waals surface area (Å²) in [4.78, 5) is 2.34. The van der Waals surface area contributed by atoms with Crippen molar-refractivity contribution in [3.63, 3.8) is 0 Å². The molecule has 2 atom stereocenters. The van der Waals surface area contributed by atoms with Gasteiger partial charge in [-0.25, -0.2) is 0 Å². The fourth-order valence-corrected chi connectivity index (χ4v) is 2.46. The topological polar surface area (TPSA) is 3.24 Å². The molecule has 0 aromatic heterocycles. The Morgan fingerprint density at radius 3 is 2.42 bits per heavy atom. The third-order valence-electron chi connectivity index (χ3n) is 3.09. The normalized spacial score (nSPS) is 31.0. The first kappa shape index (κ1) is 10.0. The highest BCUT2D eigenvalue weighted by Crippen LogP contribution is 2.30. The summed E-state index contributed by atoms with van der Waals surface area (Å²) in [5.41, 5.74) is 0. The lowest BCUT2D eigenvalue weighted by atomic mass is 9.80. The number of rotatable bonds is 3. The predicted molar refractivity (Wildman–Crippen MR) is 54.3 cm³/mol. The fourth-order valence-electron chi connectivity index (χ4n) is 2.46. The summed E-state index contributed by atoms with van der Waals surface area (Å²) in [7, 11) is 4.38. The van der Waals surface area contributed by atoms with Crippen LogP contribution in [0, 0.1) is 11.8 Å². The first-order chi connectivity index (χ1) is 5.72. The summed E-state index contributed by atoms with van der Waals surface area (Å²) in [6, 6.07) is 0. The highest BCUT2D eigenvalue weighted by atomic mass is 15.1. The first-order valence-electron chi connectivity index (χ1n) is 5.37. The molecular weight excluding hydrogens is 146 g/mol. The predicted octanol–water partition coefficient (Wildman–Crippen LogP) is 2.76. The van der Waals surface area contributed by atoms with E-state index >= 15 is 0 Å². The molecule has 0 radical (unpaired) electrons. The number of hydrogen-bond acceptors (Lipinski definition) is 1. The number of nitrogens with zero attached hydrogens (tertiary/aromatic N) is 1. The SMILES string of the molecule is CCC1CCCC(CN(C)C)C1. The van der Waals surface area contributed by atoms with Crippen LogP contribution in [0.15, 0.2) is 0 Å². The second-order valence-corrected chi connectivity index (χ2v) is 4.57. The molecule has 0 amide bonds. The van der Waals surface area contributed by atoms with Crippen LogP contribution in [0.1, 0.15) is 39.0 Å². The minimum Gasteiger partial charge on any atom is -0.309 e. The summed E-state index contributed by atoms with van der Waals surface area (Å²) >= 11 is 0. The average molecular weight is 169 g/mol. The zero-order valence-corrected chi connectivity index (χ0v) is 8.84. The van der Waals surface area contributed by atoms with Crippen LogP contribution in [-0.4, -0.2) is 25.5 Å². The van der Waals surface area contributed by atoms with Crippen molar-refractivity contribution >= 4 is 0 Å². The van der Waals surface area contributed by atoms with Crippen LogP contribution in [0.4, 0.5) is 0 Å². The van der Waals surface area contributed by atoms with E-state index in [9.17, 15) is 0 Å². The van der Waals surface area contributed by atoms with Crippen molar-refractivity contribution in [3.05, 3.63) is 0 Å². The Bertz CT molecular complexity index is 120. The second kappa shape index (κ2) is 4.86. The lowest BCUT2D eigenvalue weighted by Crippen LogP contribution is -2.26. The van der Waals surface area contributed by atoms with Crippen molar-refractivity contribution in [2.45, 2.75) is 39.0 Å². The van der Waals surface area contributed by atoms with E-state index < -0.39 is 0 Å². The molecular formula is C11H23N. The van der Waals surface area contributed by atoms with Crippen molar-refractivity contribution in [3.8, 4) is 0 Å². The maximum absolute atomic E-state index is 2.34. The minimum atomic E-state index is 0.985. The summed E-state index contributed by atoms with van der Waals surface area (Å²) in [6.07, 6.45) is 7.30. The van der Waals surface area contributed by atoms with Gasteiger partial charge in [0.05, 0.1) is 0 Å². The van der Waals surface area contributed by atoms with Crippen molar-refractivity contribution in [2.24, 2.45) is 11.8 Å². The van der Waals surface area contributed by atoms with Crippen LogP contribution in [0.25, 0.3) is 0 Å². The summed E-state index contributed by atoms with van der Waals surface area (Å²) in [5, 5.41) is 0. The van der Waals surface area contributed by atoms with E-state index in [4.69, 9.17) is 0 Å². The van der Waals surface area contributed by atoms with E-state index in [0.29, 0.717) is 0 Å². The summed E-state index contributed by atoms with van der Waals surface area (Å²) < 4.78 is 0. The van der Waals surface area contributed by atoms with Gasteiger partial charge in [0.2, 0.25) is 0 Å². The first-order valence-corrected chi connectivity index (χ1v) is 5.37. The molecule has 0 saturated heterocycles. The van der Waals surface area contributed by atoms with E-state index in [0.717, 1.165) is 11.8 Å². The van der Waals surface area contributed by atoms with Crippen LogP contribution in [0.3, 0.4) is 0 Å². The Morgan fingerprint density at radius 1 is 1.17 bits per heavy atom. The number of hydrogen-bond donors (Lipinski definition) is 0. The smallest absolute Gasteiger partial charge is 0.000366 e. The quantitative estimate of drug-likeness (QED) is 0.628. The molecule has 0 aromatic rings.